The van der Waals surface area contributed by atoms with Gasteiger partial charge in [0.15, 0.2) is 0 Å². The van der Waals surface area contributed by atoms with Gasteiger partial charge in [-0.2, -0.15) is 0 Å². The molecule has 0 aliphatic heterocycles. The van der Waals surface area contributed by atoms with Gasteiger partial charge in [-0.15, -0.1) is 0 Å². The van der Waals surface area contributed by atoms with Crippen molar-refractivity contribution < 1.29 is 0 Å². The number of nitrogen functional groups attached to an aromatic ring is 2. The van der Waals surface area contributed by atoms with Crippen LogP contribution in [0.2, 0.25) is 5.02 Å². The lowest BCUT2D eigenvalue weighted by Crippen LogP contribution is -1.99. The van der Waals surface area contributed by atoms with Crippen molar-refractivity contribution in [1.29, 1.82) is 0 Å². The molecule has 0 amide bonds. The Balaban J connectivity index is 2.34. The van der Waals surface area contributed by atoms with Crippen molar-refractivity contribution in [2.24, 2.45) is 0 Å². The molecule has 0 spiro atoms. The van der Waals surface area contributed by atoms with E-state index in [-0.39, 0.29) is 0 Å². The maximum atomic E-state index is 5.96. The quantitative estimate of drug-likeness (QED) is 0.711. The molecule has 0 aliphatic rings. The zero-order valence-corrected chi connectivity index (χ0v) is 10.3. The summed E-state index contributed by atoms with van der Waals surface area (Å²) in [7, 11) is 0. The molecular formula is C13H14ClN3. The van der Waals surface area contributed by atoms with Crippen LogP contribution < -0.4 is 16.8 Å². The summed E-state index contributed by atoms with van der Waals surface area (Å²) in [4.78, 5) is 0. The van der Waals surface area contributed by atoms with Crippen molar-refractivity contribution in [1.82, 2.24) is 0 Å². The van der Waals surface area contributed by atoms with Crippen LogP contribution in [0.4, 0.5) is 22.7 Å². The normalized spacial score (nSPS) is 10.2. The van der Waals surface area contributed by atoms with Crippen LogP contribution in [0.15, 0.2) is 36.4 Å². The first kappa shape index (κ1) is 11.6. The molecule has 0 bridgehead atoms. The molecule has 4 heteroatoms. The first-order valence-corrected chi connectivity index (χ1v) is 5.62. The Morgan fingerprint density at radius 2 is 1.76 bits per heavy atom. The number of halogens is 1. The summed E-state index contributed by atoms with van der Waals surface area (Å²) < 4.78 is 0. The molecule has 0 fully saturated rings. The largest absolute Gasteiger partial charge is 0.399 e. The van der Waals surface area contributed by atoms with Gasteiger partial charge in [0, 0.05) is 16.4 Å². The van der Waals surface area contributed by atoms with E-state index in [0.717, 1.165) is 16.9 Å². The highest BCUT2D eigenvalue weighted by atomic mass is 35.5. The molecule has 0 saturated carbocycles. The van der Waals surface area contributed by atoms with Crippen LogP contribution in [-0.4, -0.2) is 0 Å². The van der Waals surface area contributed by atoms with Crippen LogP contribution in [0.3, 0.4) is 0 Å². The molecule has 0 atom stereocenters. The van der Waals surface area contributed by atoms with Gasteiger partial charge >= 0.3 is 0 Å². The third kappa shape index (κ3) is 2.63. The van der Waals surface area contributed by atoms with Gasteiger partial charge in [0.1, 0.15) is 0 Å². The smallest absolute Gasteiger partial charge is 0.0619 e. The van der Waals surface area contributed by atoms with Gasteiger partial charge in [0.25, 0.3) is 0 Å². The van der Waals surface area contributed by atoms with E-state index < -0.39 is 0 Å². The lowest BCUT2D eigenvalue weighted by Gasteiger charge is -2.12. The molecule has 0 radical (unpaired) electrons. The van der Waals surface area contributed by atoms with Crippen LogP contribution in [0, 0.1) is 6.92 Å². The van der Waals surface area contributed by atoms with Crippen LogP contribution in [0.5, 0.6) is 0 Å². The second kappa shape index (κ2) is 4.55. The number of rotatable bonds is 2. The van der Waals surface area contributed by atoms with Crippen molar-refractivity contribution >= 4 is 34.4 Å². The Labute approximate surface area is 105 Å². The van der Waals surface area contributed by atoms with Crippen molar-refractivity contribution in [3.8, 4) is 0 Å². The number of aryl methyl sites for hydroxylation is 1. The predicted octanol–water partition coefficient (Wildman–Crippen LogP) is 3.56. The fraction of sp³-hybridized carbons (Fsp3) is 0.0769. The van der Waals surface area contributed by atoms with Gasteiger partial charge in [-0.1, -0.05) is 17.7 Å². The molecule has 0 unspecified atom stereocenters. The molecular weight excluding hydrogens is 234 g/mol. The summed E-state index contributed by atoms with van der Waals surface area (Å²) in [6.07, 6.45) is 0. The summed E-state index contributed by atoms with van der Waals surface area (Å²) in [6.45, 7) is 2.01. The van der Waals surface area contributed by atoms with E-state index in [1.54, 1.807) is 12.1 Å². The van der Waals surface area contributed by atoms with Crippen molar-refractivity contribution in [3.05, 3.63) is 47.0 Å². The standard InChI is InChI=1S/C13H14ClN3/c1-8-2-3-9(14)6-13(8)17-12-5-4-10(15)7-11(12)16/h2-7,17H,15-16H2,1H3. The van der Waals surface area contributed by atoms with Gasteiger partial charge < -0.3 is 16.8 Å². The number of anilines is 4. The van der Waals surface area contributed by atoms with Gasteiger partial charge in [-0.05, 0) is 42.8 Å². The lowest BCUT2D eigenvalue weighted by molar-refractivity contribution is 1.43. The van der Waals surface area contributed by atoms with E-state index >= 15 is 0 Å². The molecule has 5 N–H and O–H groups in total. The molecule has 2 aromatic carbocycles. The maximum absolute atomic E-state index is 5.96. The summed E-state index contributed by atoms with van der Waals surface area (Å²) in [5.41, 5.74) is 15.7. The Kier molecular flexibility index (Phi) is 3.11. The second-order valence-electron chi connectivity index (χ2n) is 3.93. The number of hydrogen-bond acceptors (Lipinski definition) is 3. The molecule has 88 valence electrons. The topological polar surface area (TPSA) is 64.1 Å². The fourth-order valence-corrected chi connectivity index (χ4v) is 1.74. The summed E-state index contributed by atoms with van der Waals surface area (Å²) in [5, 5.41) is 3.93. The van der Waals surface area contributed by atoms with E-state index in [0.29, 0.717) is 16.4 Å². The van der Waals surface area contributed by atoms with Gasteiger partial charge in [0.2, 0.25) is 0 Å². The molecule has 0 saturated heterocycles. The SMILES string of the molecule is Cc1ccc(Cl)cc1Nc1ccc(N)cc1N. The average Bonchev–Trinajstić information content (AvgIpc) is 2.27. The van der Waals surface area contributed by atoms with Crippen LogP contribution in [0.25, 0.3) is 0 Å². The van der Waals surface area contributed by atoms with E-state index in [4.69, 9.17) is 23.1 Å². The minimum atomic E-state index is 0.615. The summed E-state index contributed by atoms with van der Waals surface area (Å²) in [5.74, 6) is 0. The Morgan fingerprint density at radius 3 is 2.47 bits per heavy atom. The minimum absolute atomic E-state index is 0.615. The molecule has 0 heterocycles. The van der Waals surface area contributed by atoms with Crippen LogP contribution in [-0.2, 0) is 0 Å². The number of benzene rings is 2. The van der Waals surface area contributed by atoms with Crippen molar-refractivity contribution in [3.63, 3.8) is 0 Å². The minimum Gasteiger partial charge on any atom is -0.399 e. The van der Waals surface area contributed by atoms with Crippen molar-refractivity contribution in [2.75, 3.05) is 16.8 Å². The number of nitrogens with one attached hydrogen (secondary N) is 1. The average molecular weight is 248 g/mol. The Hall–Kier alpha value is -1.87. The lowest BCUT2D eigenvalue weighted by atomic mass is 10.2. The molecule has 0 aliphatic carbocycles. The molecule has 17 heavy (non-hydrogen) atoms. The van der Waals surface area contributed by atoms with Crippen molar-refractivity contribution in [2.45, 2.75) is 6.92 Å². The molecule has 3 nitrogen and oxygen atoms in total. The number of nitrogens with two attached hydrogens (primary N) is 2. The highest BCUT2D eigenvalue weighted by Crippen LogP contribution is 2.28. The zero-order valence-electron chi connectivity index (χ0n) is 9.50. The second-order valence-corrected chi connectivity index (χ2v) is 4.37. The Bertz CT molecular complexity index is 552. The molecule has 2 aromatic rings. The fourth-order valence-electron chi connectivity index (χ4n) is 1.57. The van der Waals surface area contributed by atoms with Crippen LogP contribution in [0.1, 0.15) is 5.56 Å². The first-order chi connectivity index (χ1) is 8.06. The monoisotopic (exact) mass is 247 g/mol. The van der Waals surface area contributed by atoms with E-state index in [1.165, 1.54) is 0 Å². The Morgan fingerprint density at radius 1 is 1.00 bits per heavy atom. The number of hydrogen-bond donors (Lipinski definition) is 3. The predicted molar refractivity (Wildman–Crippen MR) is 74.7 cm³/mol. The maximum Gasteiger partial charge on any atom is 0.0619 e. The van der Waals surface area contributed by atoms with E-state index in [9.17, 15) is 0 Å². The van der Waals surface area contributed by atoms with Crippen LogP contribution >= 0.6 is 11.6 Å². The summed E-state index contributed by atoms with van der Waals surface area (Å²) >= 11 is 5.96. The highest BCUT2D eigenvalue weighted by Gasteiger charge is 2.03. The van der Waals surface area contributed by atoms with Gasteiger partial charge in [-0.3, -0.25) is 0 Å². The molecule has 2 rings (SSSR count). The third-order valence-electron chi connectivity index (χ3n) is 2.54. The summed E-state index contributed by atoms with van der Waals surface area (Å²) in [6, 6.07) is 11.1. The van der Waals surface area contributed by atoms with E-state index in [2.05, 4.69) is 5.32 Å². The molecule has 0 aromatic heterocycles. The van der Waals surface area contributed by atoms with E-state index in [1.807, 2.05) is 31.2 Å². The highest BCUT2D eigenvalue weighted by molar-refractivity contribution is 6.30. The van der Waals surface area contributed by atoms with Gasteiger partial charge in [-0.25, -0.2) is 0 Å². The first-order valence-electron chi connectivity index (χ1n) is 5.24. The zero-order chi connectivity index (χ0) is 12.4. The third-order valence-corrected chi connectivity index (χ3v) is 2.78. The van der Waals surface area contributed by atoms with Gasteiger partial charge in [0.05, 0.1) is 11.4 Å².